The maximum atomic E-state index is 12.6. The van der Waals surface area contributed by atoms with Gasteiger partial charge in [0.05, 0.1) is 5.56 Å². The van der Waals surface area contributed by atoms with Gasteiger partial charge in [-0.2, -0.15) is 21.6 Å². The topological polar surface area (TPSA) is 107 Å². The number of benzene rings is 1. The van der Waals surface area contributed by atoms with Crippen molar-refractivity contribution >= 4 is 29.4 Å². The first-order valence-electron chi connectivity index (χ1n) is 5.75. The monoisotopic (exact) mass is 337 g/mol. The normalized spacial score (nSPS) is 13.7. The Morgan fingerprint density at radius 2 is 2.00 bits per heavy atom. The van der Waals surface area contributed by atoms with Gasteiger partial charge in [-0.05, 0) is 11.6 Å². The van der Waals surface area contributed by atoms with Crippen LogP contribution in [0.2, 0.25) is 0 Å². The summed E-state index contributed by atoms with van der Waals surface area (Å²) in [7, 11) is 0.551. The molecule has 0 aliphatic heterocycles. The maximum Gasteiger partial charge on any atom is 0.426 e. The summed E-state index contributed by atoms with van der Waals surface area (Å²) in [6.45, 7) is 0.0646. The standard InChI is InChI=1S/C11H11BF3NO5S/c12-8-3-6(1-2-7(8)4-16)10(17)21-9(11(13,14)15)5-22(18,19)20/h1-3,9H,4-5,16H2,(H,18,19,20). The van der Waals surface area contributed by atoms with Crippen LogP contribution in [0.15, 0.2) is 18.2 Å². The van der Waals surface area contributed by atoms with Gasteiger partial charge in [0.2, 0.25) is 6.10 Å². The quantitative estimate of drug-likeness (QED) is 0.442. The van der Waals surface area contributed by atoms with E-state index in [1.54, 1.807) is 0 Å². The van der Waals surface area contributed by atoms with E-state index in [4.69, 9.17) is 18.1 Å². The van der Waals surface area contributed by atoms with E-state index in [9.17, 15) is 26.4 Å². The van der Waals surface area contributed by atoms with Crippen LogP contribution in [0.5, 0.6) is 0 Å². The van der Waals surface area contributed by atoms with Gasteiger partial charge in [-0.3, -0.25) is 4.55 Å². The van der Waals surface area contributed by atoms with Crippen LogP contribution in [0.25, 0.3) is 0 Å². The summed E-state index contributed by atoms with van der Waals surface area (Å²) in [5.74, 6) is -3.22. The lowest BCUT2D eigenvalue weighted by Crippen LogP contribution is -2.39. The second-order valence-corrected chi connectivity index (χ2v) is 5.80. The van der Waals surface area contributed by atoms with Crippen molar-refractivity contribution in [3.63, 3.8) is 0 Å². The third-order valence-electron chi connectivity index (χ3n) is 2.58. The summed E-state index contributed by atoms with van der Waals surface area (Å²) in [6, 6.07) is 3.53. The van der Waals surface area contributed by atoms with Crippen LogP contribution in [0, 0.1) is 0 Å². The second kappa shape index (κ2) is 6.67. The summed E-state index contributed by atoms with van der Waals surface area (Å²) in [4.78, 5) is 11.7. The Kier molecular flexibility index (Phi) is 5.60. The molecule has 6 nitrogen and oxygen atoms in total. The average Bonchev–Trinajstić information content (AvgIpc) is 2.35. The van der Waals surface area contributed by atoms with Gasteiger partial charge in [0, 0.05) is 6.54 Å². The zero-order valence-electron chi connectivity index (χ0n) is 11.0. The molecule has 0 saturated carbocycles. The molecule has 0 bridgehead atoms. The minimum atomic E-state index is -5.16. The molecule has 0 spiro atoms. The lowest BCUT2D eigenvalue weighted by Gasteiger charge is -2.19. The Balaban J connectivity index is 2.98. The van der Waals surface area contributed by atoms with Gasteiger partial charge in [-0.15, -0.1) is 0 Å². The maximum absolute atomic E-state index is 12.6. The Morgan fingerprint density at radius 3 is 2.41 bits per heavy atom. The van der Waals surface area contributed by atoms with Crippen molar-refractivity contribution in [3.8, 4) is 0 Å². The van der Waals surface area contributed by atoms with E-state index < -0.39 is 34.1 Å². The van der Waals surface area contributed by atoms with Gasteiger partial charge in [0.1, 0.15) is 13.6 Å². The van der Waals surface area contributed by atoms with Crippen molar-refractivity contribution in [1.82, 2.24) is 0 Å². The first-order valence-corrected chi connectivity index (χ1v) is 7.36. The molecule has 3 N–H and O–H groups in total. The molecule has 22 heavy (non-hydrogen) atoms. The van der Waals surface area contributed by atoms with Crippen LogP contribution in [0.3, 0.4) is 0 Å². The van der Waals surface area contributed by atoms with Crippen LogP contribution in [0.1, 0.15) is 15.9 Å². The zero-order valence-corrected chi connectivity index (χ0v) is 11.8. The highest BCUT2D eigenvalue weighted by molar-refractivity contribution is 7.85. The van der Waals surface area contributed by atoms with Crippen molar-refractivity contribution in [2.24, 2.45) is 5.73 Å². The molecule has 1 aromatic carbocycles. The number of hydrogen-bond acceptors (Lipinski definition) is 5. The molecule has 0 aliphatic carbocycles. The third kappa shape index (κ3) is 5.32. The minimum Gasteiger partial charge on any atom is -0.448 e. The van der Waals surface area contributed by atoms with Crippen LogP contribution in [0.4, 0.5) is 13.2 Å². The molecule has 1 rings (SSSR count). The Bertz CT molecular complexity index is 662. The molecular weight excluding hydrogens is 326 g/mol. The molecule has 0 heterocycles. The fourth-order valence-electron chi connectivity index (χ4n) is 1.49. The van der Waals surface area contributed by atoms with E-state index in [2.05, 4.69) is 4.74 Å². The zero-order chi connectivity index (χ0) is 17.1. The largest absolute Gasteiger partial charge is 0.448 e. The van der Waals surface area contributed by atoms with Crippen molar-refractivity contribution < 1.29 is 35.7 Å². The van der Waals surface area contributed by atoms with Crippen molar-refractivity contribution in [2.75, 3.05) is 5.75 Å². The molecule has 0 saturated heterocycles. The number of carbonyl (C=O) groups excluding carboxylic acids is 1. The molecule has 0 aliphatic rings. The van der Waals surface area contributed by atoms with E-state index in [-0.39, 0.29) is 17.6 Å². The molecule has 1 aromatic rings. The average molecular weight is 337 g/mol. The van der Waals surface area contributed by atoms with E-state index in [0.29, 0.717) is 5.56 Å². The van der Waals surface area contributed by atoms with E-state index in [1.165, 1.54) is 6.07 Å². The minimum absolute atomic E-state index is 0.0646. The highest BCUT2D eigenvalue weighted by Crippen LogP contribution is 2.25. The number of halogens is 3. The molecule has 11 heteroatoms. The van der Waals surface area contributed by atoms with Crippen molar-refractivity contribution in [3.05, 3.63) is 29.3 Å². The van der Waals surface area contributed by atoms with E-state index in [0.717, 1.165) is 12.1 Å². The van der Waals surface area contributed by atoms with Gasteiger partial charge in [-0.25, -0.2) is 4.79 Å². The Morgan fingerprint density at radius 1 is 1.41 bits per heavy atom. The molecular formula is C11H11BF3NO5S. The molecule has 2 radical (unpaired) electrons. The third-order valence-corrected chi connectivity index (χ3v) is 3.30. The predicted molar refractivity (Wildman–Crippen MR) is 71.4 cm³/mol. The van der Waals surface area contributed by atoms with Crippen LogP contribution in [-0.2, 0) is 21.4 Å². The van der Waals surface area contributed by atoms with Gasteiger partial charge >= 0.3 is 12.1 Å². The molecule has 0 fully saturated rings. The van der Waals surface area contributed by atoms with Crippen LogP contribution in [-0.4, -0.2) is 44.8 Å². The fourth-order valence-corrected chi connectivity index (χ4v) is 2.13. The second-order valence-electron chi connectivity index (χ2n) is 4.30. The molecule has 1 unspecified atom stereocenters. The van der Waals surface area contributed by atoms with Gasteiger partial charge in [0.15, 0.2) is 0 Å². The number of rotatable bonds is 5. The highest BCUT2D eigenvalue weighted by atomic mass is 32.2. The molecule has 0 aromatic heterocycles. The summed E-state index contributed by atoms with van der Waals surface area (Å²) < 4.78 is 71.6. The Hall–Kier alpha value is -1.59. The summed E-state index contributed by atoms with van der Waals surface area (Å²) >= 11 is 0. The first-order chi connectivity index (χ1) is 9.94. The molecule has 0 amide bonds. The molecule has 120 valence electrons. The number of esters is 1. The lowest BCUT2D eigenvalue weighted by atomic mass is 9.89. The van der Waals surface area contributed by atoms with Crippen molar-refractivity contribution in [2.45, 2.75) is 18.8 Å². The summed E-state index contributed by atoms with van der Waals surface area (Å²) in [6.07, 6.45) is -8.15. The number of nitrogens with two attached hydrogens (primary N) is 1. The number of carbonyl (C=O) groups is 1. The highest BCUT2D eigenvalue weighted by Gasteiger charge is 2.45. The van der Waals surface area contributed by atoms with Crippen molar-refractivity contribution in [1.29, 1.82) is 0 Å². The number of alkyl halides is 3. The van der Waals surface area contributed by atoms with Gasteiger partial charge < -0.3 is 10.5 Å². The fraction of sp³-hybridized carbons (Fsp3) is 0.364. The smallest absolute Gasteiger partial charge is 0.426 e. The Labute approximate surface area is 125 Å². The summed E-state index contributed by atoms with van der Waals surface area (Å²) in [5, 5.41) is 0. The number of hydrogen-bond donors (Lipinski definition) is 2. The van der Waals surface area contributed by atoms with E-state index >= 15 is 0 Å². The first kappa shape index (κ1) is 18.5. The predicted octanol–water partition coefficient (Wildman–Crippen LogP) is -0.0854. The van der Waals surface area contributed by atoms with Gasteiger partial charge in [0.25, 0.3) is 10.1 Å². The molecule has 1 atom stereocenters. The van der Waals surface area contributed by atoms with Gasteiger partial charge in [-0.1, -0.05) is 17.6 Å². The van der Waals surface area contributed by atoms with Crippen LogP contribution < -0.4 is 11.2 Å². The van der Waals surface area contributed by atoms with Crippen LogP contribution >= 0.6 is 0 Å². The SMILES string of the molecule is [B]c1cc(C(=O)OC(CS(=O)(=O)O)C(F)(F)F)ccc1CN. The lowest BCUT2D eigenvalue weighted by molar-refractivity contribution is -0.197. The van der Waals surface area contributed by atoms with E-state index in [1.807, 2.05) is 0 Å². The summed E-state index contributed by atoms with van der Waals surface area (Å²) in [5.41, 5.74) is 5.59. The number of ether oxygens (including phenoxy) is 1.